The monoisotopic (exact) mass is 878 g/mol. The second-order valence-corrected chi connectivity index (χ2v) is 17.9. The van der Waals surface area contributed by atoms with Crippen molar-refractivity contribution in [3.8, 4) is 61.6 Å². The van der Waals surface area contributed by atoms with Gasteiger partial charge in [-0.3, -0.25) is 4.57 Å². The maximum absolute atomic E-state index is 4.89. The predicted molar refractivity (Wildman–Crippen MR) is 289 cm³/mol. The molecule has 10 aromatic carbocycles. The van der Waals surface area contributed by atoms with E-state index in [9.17, 15) is 0 Å². The lowest BCUT2D eigenvalue weighted by Gasteiger charge is -2.18. The second kappa shape index (κ2) is 15.7. The van der Waals surface area contributed by atoms with Gasteiger partial charge in [-0.2, -0.15) is 0 Å². The van der Waals surface area contributed by atoms with Crippen LogP contribution >= 0.6 is 0 Å². The maximum atomic E-state index is 4.89. The van der Waals surface area contributed by atoms with Crippen LogP contribution in [0.2, 0.25) is 0 Å². The number of nitrogens with zero attached hydrogens (tertiary/aromatic N) is 4. The molecule has 69 heavy (non-hydrogen) atoms. The lowest BCUT2D eigenvalue weighted by molar-refractivity contribution is 1.14. The van der Waals surface area contributed by atoms with Gasteiger partial charge in [0.2, 0.25) is 0 Å². The molecule has 0 saturated carbocycles. The Hall–Kier alpha value is -9.25. The van der Waals surface area contributed by atoms with E-state index in [1.807, 2.05) is 12.3 Å². The number of fused-ring (bicyclic) bond motifs is 9. The highest BCUT2D eigenvalue weighted by Crippen LogP contribution is 2.42. The summed E-state index contributed by atoms with van der Waals surface area (Å²) in [7, 11) is 0. The van der Waals surface area contributed by atoms with Crippen molar-refractivity contribution in [1.29, 1.82) is 0 Å². The minimum absolute atomic E-state index is 0.954. The Kier molecular flexibility index (Phi) is 8.86. The third kappa shape index (κ3) is 6.20. The second-order valence-electron chi connectivity index (χ2n) is 17.9. The summed E-state index contributed by atoms with van der Waals surface area (Å²) in [6.07, 6.45) is 1.89. The predicted octanol–water partition coefficient (Wildman–Crippen LogP) is 17.0. The van der Waals surface area contributed by atoms with E-state index < -0.39 is 0 Å². The molecule has 4 heterocycles. The fraction of sp³-hybridized carbons (Fsp3) is 0. The number of pyridine rings is 1. The molecule has 0 aliphatic carbocycles. The molecule has 4 nitrogen and oxygen atoms in total. The van der Waals surface area contributed by atoms with Crippen LogP contribution in [0.3, 0.4) is 0 Å². The van der Waals surface area contributed by atoms with E-state index in [0.29, 0.717) is 0 Å². The number of para-hydroxylation sites is 5. The van der Waals surface area contributed by atoms with E-state index in [0.717, 1.165) is 67.0 Å². The third-order valence-corrected chi connectivity index (χ3v) is 14.1. The fourth-order valence-electron chi connectivity index (χ4n) is 11.1. The van der Waals surface area contributed by atoms with Crippen molar-refractivity contribution in [2.45, 2.75) is 0 Å². The highest BCUT2D eigenvalue weighted by molar-refractivity contribution is 6.11. The van der Waals surface area contributed by atoms with Crippen LogP contribution in [0.4, 0.5) is 0 Å². The van der Waals surface area contributed by atoms with Crippen LogP contribution in [0, 0.1) is 0 Å². The van der Waals surface area contributed by atoms with E-state index in [1.165, 1.54) is 60.1 Å². The zero-order valence-corrected chi connectivity index (χ0v) is 37.5. The largest absolute Gasteiger partial charge is 0.309 e. The number of benzene rings is 10. The first-order valence-corrected chi connectivity index (χ1v) is 23.6. The third-order valence-electron chi connectivity index (χ3n) is 14.1. The maximum Gasteiger partial charge on any atom is 0.145 e. The van der Waals surface area contributed by atoms with Gasteiger partial charge in [-0.25, -0.2) is 4.98 Å². The van der Waals surface area contributed by atoms with Crippen molar-refractivity contribution in [3.05, 3.63) is 255 Å². The van der Waals surface area contributed by atoms with Crippen LogP contribution in [0.25, 0.3) is 127 Å². The molecule has 0 fully saturated rings. The van der Waals surface area contributed by atoms with E-state index in [4.69, 9.17) is 4.98 Å². The first kappa shape index (κ1) is 39.0. The molecule has 0 spiro atoms. The van der Waals surface area contributed by atoms with Gasteiger partial charge in [0, 0.05) is 55.5 Å². The minimum atomic E-state index is 0.954. The molecule has 0 aliphatic heterocycles. The lowest BCUT2D eigenvalue weighted by Crippen LogP contribution is -1.99. The Morgan fingerprint density at radius 1 is 0.246 bits per heavy atom. The molecular formula is C65H42N4. The smallest absolute Gasteiger partial charge is 0.145 e. The standard InChI is InChI=1S/C65H42N4/c1-2-24-51(50(23-1)46-20-15-22-49(41-46)68-61-33-10-7-29-56(61)57-30-16-38-66-65(57)68)47-36-37-64(69-62-34-11-5-27-54(62)55-28-6-12-35-63(55)69)58(42-47)45-19-13-17-43(39-45)44-18-14-21-48(40-44)67-59-31-8-3-25-52(59)53-26-4-9-32-60(53)67/h1-42H. The van der Waals surface area contributed by atoms with Gasteiger partial charge in [-0.1, -0.05) is 164 Å². The zero-order chi connectivity index (χ0) is 45.4. The first-order chi connectivity index (χ1) is 34.2. The quantitative estimate of drug-likeness (QED) is 0.157. The normalized spacial score (nSPS) is 11.8. The molecule has 0 saturated heterocycles. The lowest BCUT2D eigenvalue weighted by atomic mass is 9.91. The fourth-order valence-corrected chi connectivity index (χ4v) is 11.1. The molecule has 322 valence electrons. The molecule has 0 radical (unpaired) electrons. The van der Waals surface area contributed by atoms with Gasteiger partial charge in [-0.05, 0) is 124 Å². The Labute approximate surface area is 398 Å². The summed E-state index contributed by atoms with van der Waals surface area (Å²) in [5.74, 6) is 0. The van der Waals surface area contributed by atoms with Gasteiger partial charge in [0.1, 0.15) is 5.65 Å². The Morgan fingerprint density at radius 2 is 0.652 bits per heavy atom. The van der Waals surface area contributed by atoms with Crippen molar-refractivity contribution in [1.82, 2.24) is 18.7 Å². The molecule has 0 amide bonds. The van der Waals surface area contributed by atoms with Crippen LogP contribution in [0.15, 0.2) is 255 Å². The molecule has 0 unspecified atom stereocenters. The summed E-state index contributed by atoms with van der Waals surface area (Å²) in [6, 6.07) is 90.6. The van der Waals surface area contributed by atoms with Gasteiger partial charge in [0.15, 0.2) is 0 Å². The highest BCUT2D eigenvalue weighted by Gasteiger charge is 2.20. The topological polar surface area (TPSA) is 27.7 Å². The van der Waals surface area contributed by atoms with Gasteiger partial charge < -0.3 is 9.13 Å². The molecule has 0 bridgehead atoms. The molecule has 0 aliphatic rings. The van der Waals surface area contributed by atoms with Crippen LogP contribution < -0.4 is 0 Å². The van der Waals surface area contributed by atoms with Gasteiger partial charge in [0.05, 0.1) is 33.3 Å². The summed E-state index contributed by atoms with van der Waals surface area (Å²) in [5.41, 5.74) is 19.4. The number of hydrogen-bond acceptors (Lipinski definition) is 1. The summed E-state index contributed by atoms with van der Waals surface area (Å²) in [4.78, 5) is 4.89. The molecular weight excluding hydrogens is 837 g/mol. The molecule has 0 N–H and O–H groups in total. The molecule has 4 heteroatoms. The highest BCUT2D eigenvalue weighted by atomic mass is 15.0. The molecule has 14 rings (SSSR count). The van der Waals surface area contributed by atoms with E-state index >= 15 is 0 Å². The summed E-state index contributed by atoms with van der Waals surface area (Å²) < 4.78 is 7.14. The number of rotatable bonds is 7. The van der Waals surface area contributed by atoms with Crippen LogP contribution in [-0.4, -0.2) is 18.7 Å². The van der Waals surface area contributed by atoms with Gasteiger partial charge >= 0.3 is 0 Å². The summed E-state index contributed by atoms with van der Waals surface area (Å²) >= 11 is 0. The van der Waals surface area contributed by atoms with Crippen molar-refractivity contribution >= 4 is 65.5 Å². The van der Waals surface area contributed by atoms with E-state index in [1.54, 1.807) is 0 Å². The van der Waals surface area contributed by atoms with Crippen molar-refractivity contribution in [3.63, 3.8) is 0 Å². The zero-order valence-electron chi connectivity index (χ0n) is 37.5. The van der Waals surface area contributed by atoms with Crippen LogP contribution in [0.1, 0.15) is 0 Å². The van der Waals surface area contributed by atoms with Gasteiger partial charge in [0.25, 0.3) is 0 Å². The van der Waals surface area contributed by atoms with Crippen LogP contribution in [0.5, 0.6) is 0 Å². The Bertz CT molecular complexity index is 4170. The molecule has 4 aromatic heterocycles. The Morgan fingerprint density at radius 3 is 1.25 bits per heavy atom. The van der Waals surface area contributed by atoms with Crippen LogP contribution in [-0.2, 0) is 0 Å². The SMILES string of the molecule is c1cc(-c2cccc(-n3c4ccccc4c4ccccc43)c2)cc(-c2cc(-c3ccccc3-c3cccc(-n4c5ccccc5c5cccnc54)c3)ccc2-n2c3ccccc3c3ccccc32)c1. The van der Waals surface area contributed by atoms with Crippen molar-refractivity contribution in [2.24, 2.45) is 0 Å². The average molecular weight is 879 g/mol. The minimum Gasteiger partial charge on any atom is -0.309 e. The Balaban J connectivity index is 0.945. The summed E-state index contributed by atoms with van der Waals surface area (Å²) in [5, 5.41) is 7.34. The number of hydrogen-bond donors (Lipinski definition) is 0. The molecule has 0 atom stereocenters. The van der Waals surface area contributed by atoms with Crippen molar-refractivity contribution in [2.75, 3.05) is 0 Å². The summed E-state index contributed by atoms with van der Waals surface area (Å²) in [6.45, 7) is 0. The van der Waals surface area contributed by atoms with E-state index in [-0.39, 0.29) is 0 Å². The van der Waals surface area contributed by atoms with E-state index in [2.05, 4.69) is 256 Å². The van der Waals surface area contributed by atoms with Gasteiger partial charge in [-0.15, -0.1) is 0 Å². The number of aromatic nitrogens is 4. The first-order valence-electron chi connectivity index (χ1n) is 23.6. The average Bonchev–Trinajstić information content (AvgIpc) is 4.07. The van der Waals surface area contributed by atoms with Crippen molar-refractivity contribution < 1.29 is 0 Å². The molecule has 14 aromatic rings.